The minimum atomic E-state index is -4.57. The van der Waals surface area contributed by atoms with E-state index in [4.69, 9.17) is 9.84 Å². The van der Waals surface area contributed by atoms with Gasteiger partial charge in [-0.1, -0.05) is 0 Å². The molecule has 0 bridgehead atoms. The van der Waals surface area contributed by atoms with Crippen LogP contribution in [0.2, 0.25) is 0 Å². The molecular weight excluding hydrogens is 499 g/mol. The van der Waals surface area contributed by atoms with Gasteiger partial charge in [0.25, 0.3) is 0 Å². The third-order valence-corrected chi connectivity index (χ3v) is 7.31. The number of hydrogen-bond acceptors (Lipinski definition) is 7. The molecule has 1 radical (unpaired) electrons. The number of piperidine rings is 1. The highest BCUT2D eigenvalue weighted by Crippen LogP contribution is 2.37. The second-order valence-corrected chi connectivity index (χ2v) is 9.79. The molecule has 38 heavy (non-hydrogen) atoms. The third kappa shape index (κ3) is 4.97. The van der Waals surface area contributed by atoms with Crippen molar-refractivity contribution >= 4 is 11.0 Å². The fourth-order valence-corrected chi connectivity index (χ4v) is 5.22. The molecule has 4 aromatic rings. The number of aromatic amines is 1. The van der Waals surface area contributed by atoms with Gasteiger partial charge in [-0.15, -0.1) is 0 Å². The van der Waals surface area contributed by atoms with Crippen molar-refractivity contribution in [2.45, 2.75) is 50.4 Å². The molecule has 1 aliphatic carbocycles. The Kier molecular flexibility index (Phi) is 6.52. The van der Waals surface area contributed by atoms with Gasteiger partial charge in [0.1, 0.15) is 23.8 Å². The number of fused-ring (bicyclic) bond motifs is 1. The molecule has 12 heteroatoms. The van der Waals surface area contributed by atoms with Crippen molar-refractivity contribution in [3.05, 3.63) is 60.4 Å². The second-order valence-electron chi connectivity index (χ2n) is 9.79. The summed E-state index contributed by atoms with van der Waals surface area (Å²) in [5, 5.41) is 14.7. The van der Waals surface area contributed by atoms with Gasteiger partial charge in [-0.3, -0.25) is 9.58 Å². The van der Waals surface area contributed by atoms with Crippen LogP contribution in [0.5, 0.6) is 5.88 Å². The normalized spacial score (nSPS) is 18.2. The number of rotatable bonds is 7. The van der Waals surface area contributed by atoms with E-state index in [1.807, 2.05) is 29.3 Å². The molecule has 4 aromatic heterocycles. The lowest BCUT2D eigenvalue weighted by atomic mass is 9.84. The van der Waals surface area contributed by atoms with Crippen molar-refractivity contribution in [1.29, 1.82) is 0 Å². The number of aromatic nitrogens is 6. The first kappa shape index (κ1) is 24.8. The molecule has 0 amide bonds. The summed E-state index contributed by atoms with van der Waals surface area (Å²) in [6.45, 7) is 1.38. The van der Waals surface area contributed by atoms with E-state index in [1.165, 1.54) is 12.1 Å². The first-order valence-electron chi connectivity index (χ1n) is 12.7. The van der Waals surface area contributed by atoms with E-state index in [2.05, 4.69) is 29.9 Å². The van der Waals surface area contributed by atoms with Gasteiger partial charge in [-0.2, -0.15) is 18.3 Å². The van der Waals surface area contributed by atoms with E-state index < -0.39 is 11.9 Å². The second kappa shape index (κ2) is 9.99. The van der Waals surface area contributed by atoms with Crippen LogP contribution in [0.15, 0.2) is 43.1 Å². The van der Waals surface area contributed by atoms with E-state index in [1.54, 1.807) is 6.33 Å². The molecule has 1 aliphatic heterocycles. The largest absolute Gasteiger partial charge is 0.474 e. The van der Waals surface area contributed by atoms with Gasteiger partial charge >= 0.3 is 6.18 Å². The number of aliphatic hydroxyl groups excluding tert-OH is 1. The highest BCUT2D eigenvalue weighted by atomic mass is 19.4. The van der Waals surface area contributed by atoms with Crippen molar-refractivity contribution in [1.82, 2.24) is 34.6 Å². The van der Waals surface area contributed by atoms with Gasteiger partial charge in [-0.05, 0) is 49.8 Å². The Balaban J connectivity index is 1.03. The molecule has 199 valence electrons. The first-order chi connectivity index (χ1) is 18.4. The third-order valence-electron chi connectivity index (χ3n) is 7.31. The Morgan fingerprint density at radius 1 is 1.13 bits per heavy atom. The average molecular weight is 527 g/mol. The molecular formula is C26H27F3N7O2. The van der Waals surface area contributed by atoms with Crippen LogP contribution in [0.3, 0.4) is 0 Å². The number of aliphatic hydroxyl groups is 1. The summed E-state index contributed by atoms with van der Waals surface area (Å²) < 4.78 is 47.5. The summed E-state index contributed by atoms with van der Waals surface area (Å²) >= 11 is 0. The van der Waals surface area contributed by atoms with Crippen molar-refractivity contribution in [3.8, 4) is 17.1 Å². The van der Waals surface area contributed by atoms with Crippen LogP contribution >= 0.6 is 0 Å². The molecule has 2 fully saturated rings. The number of ether oxygens (including phenoxy) is 1. The van der Waals surface area contributed by atoms with Crippen molar-refractivity contribution in [2.24, 2.45) is 0 Å². The summed E-state index contributed by atoms with van der Waals surface area (Å²) in [7, 11) is 0. The van der Waals surface area contributed by atoms with Gasteiger partial charge in [0.05, 0.1) is 17.9 Å². The monoisotopic (exact) mass is 526 g/mol. The fourth-order valence-electron chi connectivity index (χ4n) is 5.22. The smallest absolute Gasteiger partial charge is 0.433 e. The number of likely N-dealkylation sites (tertiary alicyclic amines) is 1. The maximum atomic E-state index is 13.2. The van der Waals surface area contributed by atoms with Crippen LogP contribution in [0.25, 0.3) is 22.3 Å². The predicted molar refractivity (Wildman–Crippen MR) is 132 cm³/mol. The number of nitrogens with zero attached hydrogens (tertiary/aromatic N) is 6. The summed E-state index contributed by atoms with van der Waals surface area (Å²) in [6, 6.07) is 6.07. The van der Waals surface area contributed by atoms with Crippen LogP contribution in [-0.2, 0) is 12.6 Å². The summed E-state index contributed by atoms with van der Waals surface area (Å²) in [6.07, 6.45) is 5.83. The molecule has 9 nitrogen and oxygen atoms in total. The topological polar surface area (TPSA) is 105 Å². The average Bonchev–Trinajstić information content (AvgIpc) is 3.54. The minimum Gasteiger partial charge on any atom is -0.474 e. The lowest BCUT2D eigenvalue weighted by Gasteiger charge is -2.45. The highest BCUT2D eigenvalue weighted by molar-refractivity contribution is 5.90. The van der Waals surface area contributed by atoms with Gasteiger partial charge in [0.15, 0.2) is 0 Å². The van der Waals surface area contributed by atoms with Crippen molar-refractivity contribution in [3.63, 3.8) is 0 Å². The number of pyridine rings is 1. The van der Waals surface area contributed by atoms with E-state index in [9.17, 15) is 13.2 Å². The lowest BCUT2D eigenvalue weighted by molar-refractivity contribution is -0.141. The molecule has 6 rings (SSSR count). The van der Waals surface area contributed by atoms with Crippen LogP contribution in [0.1, 0.15) is 36.9 Å². The number of hydrogen-bond donors (Lipinski definition) is 2. The van der Waals surface area contributed by atoms with E-state index in [-0.39, 0.29) is 25.0 Å². The van der Waals surface area contributed by atoms with Crippen LogP contribution in [0.4, 0.5) is 13.2 Å². The molecule has 5 heterocycles. The molecule has 0 aromatic carbocycles. The Bertz CT molecular complexity index is 1410. The zero-order valence-electron chi connectivity index (χ0n) is 20.5. The van der Waals surface area contributed by atoms with Gasteiger partial charge in [-0.25, -0.2) is 15.0 Å². The molecule has 1 saturated heterocycles. The van der Waals surface area contributed by atoms with Crippen LogP contribution in [-0.4, -0.2) is 71.6 Å². The van der Waals surface area contributed by atoms with Gasteiger partial charge in [0, 0.05) is 55.1 Å². The maximum Gasteiger partial charge on any atom is 0.433 e. The Hall–Kier alpha value is -3.51. The number of halogens is 3. The number of nitrogens with one attached hydrogen (secondary N) is 1. The summed E-state index contributed by atoms with van der Waals surface area (Å²) in [4.78, 5) is 17.9. The zero-order chi connectivity index (χ0) is 26.3. The van der Waals surface area contributed by atoms with E-state index >= 15 is 0 Å². The van der Waals surface area contributed by atoms with Gasteiger partial charge < -0.3 is 14.8 Å². The minimum absolute atomic E-state index is 0.0314. The van der Waals surface area contributed by atoms with Crippen molar-refractivity contribution in [2.75, 3.05) is 19.7 Å². The molecule has 1 saturated carbocycles. The number of H-pyrrole nitrogens is 1. The molecule has 2 aliphatic rings. The highest BCUT2D eigenvalue weighted by Gasteiger charge is 2.38. The Labute approximate surface area is 216 Å². The fraction of sp³-hybridized carbons (Fsp3) is 0.423. The lowest BCUT2D eigenvalue weighted by Crippen LogP contribution is -2.50. The molecule has 2 N–H and O–H groups in total. The number of alkyl halides is 3. The van der Waals surface area contributed by atoms with Crippen LogP contribution < -0.4 is 4.74 Å². The standard InChI is InChI=1S/C26H27F3N7O2/c27-26(28,29)22-9-16(4-8-37)10-23(34-22)38-20-2-6-35(7-3-20)18-11-19(12-18)36-14-17(13-33-36)24-21-1-5-30-25(21)32-15-31-24/h1,5,9-10,13-15,18,20,37H,2-4,6-8,11-12H2,(H,30,31,32). The quantitative estimate of drug-likeness (QED) is 0.377. The molecule has 0 spiro atoms. The molecule has 0 atom stereocenters. The summed E-state index contributed by atoms with van der Waals surface area (Å²) in [5.74, 6) is -0.0314. The Morgan fingerprint density at radius 3 is 2.71 bits per heavy atom. The van der Waals surface area contributed by atoms with Crippen LogP contribution in [0, 0.1) is 6.04 Å². The Morgan fingerprint density at radius 2 is 1.95 bits per heavy atom. The molecule has 0 unspecified atom stereocenters. The predicted octanol–water partition coefficient (Wildman–Crippen LogP) is 3.86. The maximum absolute atomic E-state index is 13.2. The summed E-state index contributed by atoms with van der Waals surface area (Å²) in [5.41, 5.74) is 1.95. The van der Waals surface area contributed by atoms with E-state index in [0.29, 0.717) is 24.4 Å². The van der Waals surface area contributed by atoms with Crippen molar-refractivity contribution < 1.29 is 23.0 Å². The van der Waals surface area contributed by atoms with Gasteiger partial charge in [0.2, 0.25) is 5.88 Å². The SMILES string of the molecule is OCCc1cc(OC2CCN(C3C[C](n4cc(-c5ncnc6[nH]ccc56)cn4)C3)CC2)nc(C(F)(F)F)c1. The van der Waals surface area contributed by atoms with E-state index in [0.717, 1.165) is 54.3 Å². The zero-order valence-corrected chi connectivity index (χ0v) is 20.5. The first-order valence-corrected chi connectivity index (χ1v) is 12.7.